The van der Waals surface area contributed by atoms with Crippen LogP contribution in [0.15, 0.2) is 24.3 Å². The van der Waals surface area contributed by atoms with E-state index < -0.39 is 18.0 Å². The SMILES string of the molecule is CC(C)Oc1ccc(N(OC(=O)C(C)O)C(=N)N)cc1. The van der Waals surface area contributed by atoms with E-state index in [1.54, 1.807) is 24.3 Å². The molecule has 0 saturated heterocycles. The van der Waals surface area contributed by atoms with E-state index in [1.807, 2.05) is 13.8 Å². The van der Waals surface area contributed by atoms with Crippen LogP contribution < -0.4 is 15.5 Å². The van der Waals surface area contributed by atoms with Gasteiger partial charge in [-0.2, -0.15) is 0 Å². The Hall–Kier alpha value is -2.28. The fourth-order valence-electron chi connectivity index (χ4n) is 1.34. The largest absolute Gasteiger partial charge is 0.491 e. The number of rotatable bonds is 4. The van der Waals surface area contributed by atoms with Crippen molar-refractivity contribution < 1.29 is 19.5 Å². The first-order valence-electron chi connectivity index (χ1n) is 6.12. The van der Waals surface area contributed by atoms with Gasteiger partial charge in [-0.25, -0.2) is 4.79 Å². The number of ether oxygens (including phenoxy) is 1. The lowest BCUT2D eigenvalue weighted by atomic mass is 10.3. The molecule has 1 aromatic carbocycles. The molecular formula is C13H19N3O4. The van der Waals surface area contributed by atoms with E-state index in [1.165, 1.54) is 6.92 Å². The summed E-state index contributed by atoms with van der Waals surface area (Å²) in [6, 6.07) is 6.52. The zero-order valence-electron chi connectivity index (χ0n) is 11.7. The smallest absolute Gasteiger partial charge is 0.360 e. The Morgan fingerprint density at radius 2 is 1.85 bits per heavy atom. The lowest BCUT2D eigenvalue weighted by Gasteiger charge is -2.21. The molecule has 0 amide bonds. The van der Waals surface area contributed by atoms with Gasteiger partial charge in [0.05, 0.1) is 11.8 Å². The zero-order chi connectivity index (χ0) is 15.3. The molecule has 0 radical (unpaired) electrons. The van der Waals surface area contributed by atoms with E-state index in [0.717, 1.165) is 5.06 Å². The third-order valence-corrected chi connectivity index (χ3v) is 2.18. The number of hydroxylamine groups is 1. The Bertz CT molecular complexity index is 471. The van der Waals surface area contributed by atoms with Crippen LogP contribution in [-0.4, -0.2) is 29.2 Å². The lowest BCUT2D eigenvalue weighted by Crippen LogP contribution is -2.40. The highest BCUT2D eigenvalue weighted by Crippen LogP contribution is 2.20. The van der Waals surface area contributed by atoms with Crippen LogP contribution in [0.5, 0.6) is 5.75 Å². The van der Waals surface area contributed by atoms with Crippen molar-refractivity contribution in [2.75, 3.05) is 5.06 Å². The predicted octanol–water partition coefficient (Wildman–Crippen LogP) is 1.01. The molecule has 0 aliphatic carbocycles. The number of carbonyl (C=O) groups excluding carboxylic acids is 1. The summed E-state index contributed by atoms with van der Waals surface area (Å²) in [6.07, 6.45) is -1.27. The topological polar surface area (TPSA) is 109 Å². The van der Waals surface area contributed by atoms with Gasteiger partial charge < -0.3 is 20.4 Å². The molecule has 1 aromatic rings. The van der Waals surface area contributed by atoms with Crippen molar-refractivity contribution in [1.29, 1.82) is 5.41 Å². The van der Waals surface area contributed by atoms with Crippen LogP contribution in [0.2, 0.25) is 0 Å². The maximum Gasteiger partial charge on any atom is 0.360 e. The fourth-order valence-corrected chi connectivity index (χ4v) is 1.34. The van der Waals surface area contributed by atoms with Gasteiger partial charge in [0.25, 0.3) is 0 Å². The van der Waals surface area contributed by atoms with Gasteiger partial charge in [0, 0.05) is 0 Å². The molecule has 0 spiro atoms. The lowest BCUT2D eigenvalue weighted by molar-refractivity contribution is -0.152. The number of hydrogen-bond acceptors (Lipinski definition) is 5. The highest BCUT2D eigenvalue weighted by molar-refractivity contribution is 5.93. The van der Waals surface area contributed by atoms with Gasteiger partial charge in [-0.15, -0.1) is 5.06 Å². The van der Waals surface area contributed by atoms with Gasteiger partial charge >= 0.3 is 5.97 Å². The summed E-state index contributed by atoms with van der Waals surface area (Å²) in [5.74, 6) is -0.728. The van der Waals surface area contributed by atoms with Crippen molar-refractivity contribution in [3.05, 3.63) is 24.3 Å². The van der Waals surface area contributed by atoms with Crippen LogP contribution in [0.25, 0.3) is 0 Å². The molecule has 0 heterocycles. The minimum atomic E-state index is -1.31. The molecule has 0 bridgehead atoms. The summed E-state index contributed by atoms with van der Waals surface area (Å²) >= 11 is 0. The molecule has 1 unspecified atom stereocenters. The molecule has 1 atom stereocenters. The third-order valence-electron chi connectivity index (χ3n) is 2.18. The van der Waals surface area contributed by atoms with Gasteiger partial charge in [-0.1, -0.05) is 0 Å². The number of aliphatic hydroxyl groups excluding tert-OH is 1. The molecule has 0 aliphatic rings. The molecule has 110 valence electrons. The average Bonchev–Trinajstić information content (AvgIpc) is 2.35. The van der Waals surface area contributed by atoms with Gasteiger partial charge in [-0.3, -0.25) is 5.41 Å². The number of nitrogens with zero attached hydrogens (tertiary/aromatic N) is 1. The van der Waals surface area contributed by atoms with E-state index in [4.69, 9.17) is 25.8 Å². The third kappa shape index (κ3) is 4.43. The number of benzene rings is 1. The number of nitrogens with two attached hydrogens (primary N) is 1. The normalized spacial score (nSPS) is 11.8. The van der Waals surface area contributed by atoms with Gasteiger partial charge in [0.1, 0.15) is 5.75 Å². The molecule has 7 heteroatoms. The molecule has 7 nitrogen and oxygen atoms in total. The van der Waals surface area contributed by atoms with Crippen LogP contribution in [-0.2, 0) is 9.63 Å². The number of hydrogen-bond donors (Lipinski definition) is 3. The van der Waals surface area contributed by atoms with Crippen molar-refractivity contribution in [2.24, 2.45) is 5.73 Å². The summed E-state index contributed by atoms with van der Waals surface area (Å²) in [4.78, 5) is 16.2. The van der Waals surface area contributed by atoms with E-state index >= 15 is 0 Å². The van der Waals surface area contributed by atoms with Crippen LogP contribution in [0.3, 0.4) is 0 Å². The number of guanidine groups is 1. The Morgan fingerprint density at radius 3 is 2.25 bits per heavy atom. The van der Waals surface area contributed by atoms with Crippen LogP contribution in [0, 0.1) is 5.41 Å². The van der Waals surface area contributed by atoms with Gasteiger partial charge in [-0.05, 0) is 45.0 Å². The van der Waals surface area contributed by atoms with Crippen molar-refractivity contribution >= 4 is 17.6 Å². The van der Waals surface area contributed by atoms with E-state index in [0.29, 0.717) is 11.4 Å². The maximum atomic E-state index is 11.4. The summed E-state index contributed by atoms with van der Waals surface area (Å²) in [7, 11) is 0. The first kappa shape index (κ1) is 15.8. The van der Waals surface area contributed by atoms with E-state index in [-0.39, 0.29) is 6.10 Å². The minimum absolute atomic E-state index is 0.0397. The first-order valence-corrected chi connectivity index (χ1v) is 6.12. The van der Waals surface area contributed by atoms with Crippen molar-refractivity contribution in [2.45, 2.75) is 33.0 Å². The van der Waals surface area contributed by atoms with Crippen LogP contribution >= 0.6 is 0 Å². The van der Waals surface area contributed by atoms with E-state index in [2.05, 4.69) is 0 Å². The Balaban J connectivity index is 2.87. The number of nitrogens with one attached hydrogen (secondary N) is 1. The van der Waals surface area contributed by atoms with Crippen LogP contribution in [0.4, 0.5) is 5.69 Å². The second-order valence-electron chi connectivity index (χ2n) is 4.43. The second kappa shape index (κ2) is 6.76. The Morgan fingerprint density at radius 1 is 1.30 bits per heavy atom. The van der Waals surface area contributed by atoms with Crippen molar-refractivity contribution in [3.63, 3.8) is 0 Å². The number of aliphatic hydroxyl groups is 1. The van der Waals surface area contributed by atoms with Gasteiger partial charge in [0.2, 0.25) is 5.96 Å². The standard InChI is InChI=1S/C13H19N3O4/c1-8(2)19-11-6-4-10(5-7-11)16(13(14)15)20-12(18)9(3)17/h4-9,17H,1-3H3,(H3,14,15). The number of anilines is 1. The first-order chi connectivity index (χ1) is 9.31. The van der Waals surface area contributed by atoms with Crippen LogP contribution in [0.1, 0.15) is 20.8 Å². The molecular weight excluding hydrogens is 262 g/mol. The van der Waals surface area contributed by atoms with Crippen molar-refractivity contribution in [3.8, 4) is 5.75 Å². The Kier molecular flexibility index (Phi) is 5.33. The highest BCUT2D eigenvalue weighted by atomic mass is 16.7. The molecule has 0 fully saturated rings. The fraction of sp³-hybridized carbons (Fsp3) is 0.385. The molecule has 4 N–H and O–H groups in total. The summed E-state index contributed by atoms with van der Waals surface area (Å²) in [5, 5.41) is 17.3. The molecule has 20 heavy (non-hydrogen) atoms. The second-order valence-corrected chi connectivity index (χ2v) is 4.43. The van der Waals surface area contributed by atoms with Gasteiger partial charge in [0.15, 0.2) is 6.10 Å². The number of carbonyl (C=O) groups is 1. The monoisotopic (exact) mass is 281 g/mol. The molecule has 0 aliphatic heterocycles. The zero-order valence-corrected chi connectivity index (χ0v) is 11.7. The maximum absolute atomic E-state index is 11.4. The summed E-state index contributed by atoms with van der Waals surface area (Å²) in [6.45, 7) is 5.07. The minimum Gasteiger partial charge on any atom is -0.491 e. The van der Waals surface area contributed by atoms with E-state index in [9.17, 15) is 4.79 Å². The molecule has 1 rings (SSSR count). The predicted molar refractivity (Wildman–Crippen MR) is 74.4 cm³/mol. The molecule has 0 aromatic heterocycles. The quantitative estimate of drug-likeness (QED) is 0.432. The summed E-state index contributed by atoms with van der Waals surface area (Å²) in [5.41, 5.74) is 5.73. The average molecular weight is 281 g/mol. The Labute approximate surface area is 117 Å². The molecule has 0 saturated carbocycles. The highest BCUT2D eigenvalue weighted by Gasteiger charge is 2.19. The summed E-state index contributed by atoms with van der Waals surface area (Å²) < 4.78 is 5.48. The van der Waals surface area contributed by atoms with Crippen molar-refractivity contribution in [1.82, 2.24) is 0 Å².